The van der Waals surface area contributed by atoms with Gasteiger partial charge in [0, 0.05) is 31.8 Å². The van der Waals surface area contributed by atoms with E-state index in [0.29, 0.717) is 18.4 Å². The minimum atomic E-state index is -0.419. The molecule has 104 valence electrons. The first-order valence-corrected chi connectivity index (χ1v) is 6.20. The molecule has 1 heterocycles. The zero-order valence-electron chi connectivity index (χ0n) is 11.1. The second-order valence-corrected chi connectivity index (χ2v) is 4.75. The van der Waals surface area contributed by atoms with Gasteiger partial charge in [-0.25, -0.2) is 0 Å². The molecule has 0 bridgehead atoms. The van der Waals surface area contributed by atoms with E-state index in [1.54, 1.807) is 19.2 Å². The lowest BCUT2D eigenvalue weighted by molar-refractivity contribution is -0.384. The van der Waals surface area contributed by atoms with Crippen LogP contribution in [0.2, 0.25) is 0 Å². The average Bonchev–Trinajstić information content (AvgIpc) is 2.77. The van der Waals surface area contributed by atoms with Gasteiger partial charge >= 0.3 is 0 Å². The second-order valence-electron chi connectivity index (χ2n) is 4.75. The highest BCUT2D eigenvalue weighted by atomic mass is 16.6. The van der Waals surface area contributed by atoms with Crippen LogP contribution >= 0.6 is 0 Å². The van der Waals surface area contributed by atoms with Crippen LogP contribution in [-0.2, 0) is 4.74 Å². The quantitative estimate of drug-likeness (QED) is 0.599. The van der Waals surface area contributed by atoms with Crippen molar-refractivity contribution in [3.8, 4) is 5.75 Å². The molecule has 0 spiro atoms. The molecule has 1 aromatic carbocycles. The van der Waals surface area contributed by atoms with Gasteiger partial charge in [-0.3, -0.25) is 15.0 Å². The van der Waals surface area contributed by atoms with Gasteiger partial charge in [-0.1, -0.05) is 0 Å². The number of benzene rings is 1. The summed E-state index contributed by atoms with van der Waals surface area (Å²) in [6.07, 6.45) is 1.20. The van der Waals surface area contributed by atoms with Crippen molar-refractivity contribution in [2.45, 2.75) is 18.6 Å². The van der Waals surface area contributed by atoms with Crippen LogP contribution in [0, 0.1) is 10.1 Å². The molecule has 1 saturated heterocycles. The molecule has 1 aliphatic rings. The van der Waals surface area contributed by atoms with Crippen LogP contribution in [0.15, 0.2) is 24.3 Å². The number of non-ortho nitro benzene ring substituents is 1. The van der Waals surface area contributed by atoms with E-state index in [4.69, 9.17) is 9.47 Å². The highest BCUT2D eigenvalue weighted by Crippen LogP contribution is 2.21. The van der Waals surface area contributed by atoms with Gasteiger partial charge in [0.15, 0.2) is 0 Å². The summed E-state index contributed by atoms with van der Waals surface area (Å²) >= 11 is 0. The van der Waals surface area contributed by atoms with E-state index in [1.165, 1.54) is 12.1 Å². The molecular formula is C13H18N2O4. The molecule has 1 aromatic rings. The summed E-state index contributed by atoms with van der Waals surface area (Å²) in [5.74, 6) is 0.653. The van der Waals surface area contributed by atoms with Crippen LogP contribution in [0.3, 0.4) is 0 Å². The third kappa shape index (κ3) is 3.42. The first-order chi connectivity index (χ1) is 9.10. The number of ether oxygens (including phenoxy) is 2. The summed E-state index contributed by atoms with van der Waals surface area (Å²) < 4.78 is 11.0. The third-order valence-electron chi connectivity index (χ3n) is 3.47. The fourth-order valence-electron chi connectivity index (χ4n) is 2.25. The van der Waals surface area contributed by atoms with Crippen LogP contribution in [0.5, 0.6) is 5.75 Å². The minimum Gasteiger partial charge on any atom is -0.492 e. The molecule has 0 radical (unpaired) electrons. The monoisotopic (exact) mass is 266 g/mol. The van der Waals surface area contributed by atoms with Gasteiger partial charge in [-0.2, -0.15) is 0 Å². The summed E-state index contributed by atoms with van der Waals surface area (Å²) in [5, 5.41) is 10.5. The van der Waals surface area contributed by atoms with Crippen molar-refractivity contribution in [2.75, 3.05) is 27.3 Å². The normalized spacial score (nSPS) is 23.5. The Morgan fingerprint density at radius 1 is 1.42 bits per heavy atom. The largest absolute Gasteiger partial charge is 0.492 e. The van der Waals surface area contributed by atoms with Crippen LogP contribution in [0.4, 0.5) is 5.69 Å². The van der Waals surface area contributed by atoms with Crippen molar-refractivity contribution in [2.24, 2.45) is 0 Å². The van der Waals surface area contributed by atoms with E-state index in [-0.39, 0.29) is 11.8 Å². The molecule has 6 nitrogen and oxygen atoms in total. The average molecular weight is 266 g/mol. The zero-order valence-corrected chi connectivity index (χ0v) is 11.1. The van der Waals surface area contributed by atoms with E-state index in [0.717, 1.165) is 13.0 Å². The number of methoxy groups -OCH3 is 1. The fraction of sp³-hybridized carbons (Fsp3) is 0.538. The van der Waals surface area contributed by atoms with Crippen molar-refractivity contribution >= 4 is 5.69 Å². The highest BCUT2D eigenvalue weighted by molar-refractivity contribution is 5.35. The lowest BCUT2D eigenvalue weighted by Gasteiger charge is -2.19. The Morgan fingerprint density at radius 2 is 2.11 bits per heavy atom. The summed E-state index contributed by atoms with van der Waals surface area (Å²) in [6, 6.07) is 6.47. The van der Waals surface area contributed by atoms with Gasteiger partial charge in [-0.05, 0) is 25.6 Å². The van der Waals surface area contributed by atoms with Crippen molar-refractivity contribution in [1.29, 1.82) is 0 Å². The van der Waals surface area contributed by atoms with Crippen LogP contribution in [0.1, 0.15) is 6.42 Å². The Balaban J connectivity index is 1.87. The van der Waals surface area contributed by atoms with E-state index in [2.05, 4.69) is 4.90 Å². The predicted molar refractivity (Wildman–Crippen MR) is 70.4 cm³/mol. The number of hydrogen-bond donors (Lipinski definition) is 0. The molecule has 1 aliphatic heterocycles. The number of hydrogen-bond acceptors (Lipinski definition) is 5. The molecule has 6 heteroatoms. The third-order valence-corrected chi connectivity index (χ3v) is 3.47. The second kappa shape index (κ2) is 5.99. The van der Waals surface area contributed by atoms with E-state index < -0.39 is 4.92 Å². The topological polar surface area (TPSA) is 64.8 Å². The Morgan fingerprint density at radius 3 is 2.63 bits per heavy atom. The number of rotatable bonds is 5. The van der Waals surface area contributed by atoms with Gasteiger partial charge in [0.05, 0.1) is 11.0 Å². The first-order valence-electron chi connectivity index (χ1n) is 6.20. The summed E-state index contributed by atoms with van der Waals surface area (Å²) in [7, 11) is 3.76. The van der Waals surface area contributed by atoms with E-state index in [1.807, 2.05) is 7.05 Å². The van der Waals surface area contributed by atoms with Crippen LogP contribution in [-0.4, -0.2) is 49.3 Å². The molecule has 0 N–H and O–H groups in total. The summed E-state index contributed by atoms with van der Waals surface area (Å²) in [4.78, 5) is 12.3. The highest BCUT2D eigenvalue weighted by Gasteiger charge is 2.29. The van der Waals surface area contributed by atoms with Crippen molar-refractivity contribution in [3.63, 3.8) is 0 Å². The Labute approximate surface area is 112 Å². The van der Waals surface area contributed by atoms with Crippen molar-refractivity contribution in [1.82, 2.24) is 4.90 Å². The van der Waals surface area contributed by atoms with Gasteiger partial charge < -0.3 is 9.47 Å². The van der Waals surface area contributed by atoms with Gasteiger partial charge in [-0.15, -0.1) is 0 Å². The van der Waals surface area contributed by atoms with Crippen LogP contribution < -0.4 is 4.74 Å². The molecule has 19 heavy (non-hydrogen) atoms. The SMILES string of the molecule is CO[C@H]1C[C@H](COc2ccc([N+](=O)[O-])cc2)N(C)C1. The number of likely N-dealkylation sites (tertiary alicyclic amines) is 1. The molecule has 0 saturated carbocycles. The molecular weight excluding hydrogens is 248 g/mol. The molecule has 2 rings (SSSR count). The molecule has 0 amide bonds. The standard InChI is InChI=1S/C13H18N2O4/c1-14-8-13(18-2)7-11(14)9-19-12-5-3-10(4-6-12)15(16)17/h3-6,11,13H,7-9H2,1-2H3/t11-,13+/m1/s1. The Hall–Kier alpha value is -1.66. The molecule has 0 aromatic heterocycles. The molecule has 0 unspecified atom stereocenters. The number of nitro groups is 1. The fourth-order valence-corrected chi connectivity index (χ4v) is 2.25. The van der Waals surface area contributed by atoms with E-state index in [9.17, 15) is 10.1 Å². The summed E-state index contributed by atoms with van der Waals surface area (Å²) in [6.45, 7) is 1.47. The molecule has 0 aliphatic carbocycles. The van der Waals surface area contributed by atoms with Gasteiger partial charge in [0.1, 0.15) is 12.4 Å². The smallest absolute Gasteiger partial charge is 0.269 e. The molecule has 1 fully saturated rings. The van der Waals surface area contributed by atoms with E-state index >= 15 is 0 Å². The lowest BCUT2D eigenvalue weighted by Crippen LogP contribution is -2.30. The van der Waals surface area contributed by atoms with Crippen molar-refractivity contribution < 1.29 is 14.4 Å². The summed E-state index contributed by atoms with van der Waals surface area (Å²) in [5.41, 5.74) is 0.0739. The zero-order chi connectivity index (χ0) is 13.8. The first kappa shape index (κ1) is 13.8. The lowest BCUT2D eigenvalue weighted by atomic mass is 10.2. The predicted octanol–water partition coefficient (Wildman–Crippen LogP) is 1.69. The van der Waals surface area contributed by atoms with Gasteiger partial charge in [0.2, 0.25) is 0 Å². The van der Waals surface area contributed by atoms with Crippen LogP contribution in [0.25, 0.3) is 0 Å². The maximum absolute atomic E-state index is 10.5. The maximum atomic E-state index is 10.5. The van der Waals surface area contributed by atoms with Gasteiger partial charge in [0.25, 0.3) is 5.69 Å². The number of nitro benzene ring substituents is 1. The molecule has 2 atom stereocenters. The Kier molecular flexibility index (Phi) is 4.34. The number of likely N-dealkylation sites (N-methyl/N-ethyl adjacent to an activating group) is 1. The number of nitrogens with zero attached hydrogens (tertiary/aromatic N) is 2. The maximum Gasteiger partial charge on any atom is 0.269 e. The van der Waals surface area contributed by atoms with Crippen molar-refractivity contribution in [3.05, 3.63) is 34.4 Å². The minimum absolute atomic E-state index is 0.0739. The Bertz CT molecular complexity index is 435.